The van der Waals surface area contributed by atoms with Crippen LogP contribution in [0.1, 0.15) is 168 Å². The van der Waals surface area contributed by atoms with Crippen LogP contribution in [0.5, 0.6) is 23.0 Å². The Morgan fingerprint density at radius 1 is 0.445 bits per heavy atom. The van der Waals surface area contributed by atoms with Gasteiger partial charge in [-0.1, -0.05) is 40.2 Å². The molecule has 7 N–H and O–H groups in total. The van der Waals surface area contributed by atoms with Gasteiger partial charge in [-0.05, 0) is 254 Å². The third-order valence-corrected chi connectivity index (χ3v) is 27.9. The standard InChI is InChI=1S/C21H29N3O4.C21H28N2O5.C21H28N2O4S.C18H22N2O4.C4H10O2.C3H7BrO/c1-24-18(25)21(23-19(24)22)17-12-16(28-11-10-26-2)5-4-14(17)13-20(21)8-6-15(27-3)7-9-20;1-23-18(24)21(22-19(23)25)17-12-16(28-11-10-26-2)5-4-14(17)13-20(21)8-6-15(27-3)7-9-20;1-23-18(24)21(22-19(23)28)17-12-16(27-11-10-25-2)5-4-14(17)13-20(21)8-6-15(26-3)7-9-20;1-20-15(22)18(19-16(20)23)14-9-12(21)4-3-11(14)10-17(18)7-5-13(24-2)6-8-17;1-4(2,3)6-5;1-5-3-2-4/h4-5,12,15H,6-11,13H2,1-3H3,(H2,22,23);4-5,12,15H,6-11,13H2,1-3H3,(H,22,25);4-5,12,15H,6-11,13H2,1-3H3,(H,22,28);3-4,9,13,21H,5-8,10H2,1-2H3,(H,19,23);5H,1-3H3;2-3H2,1H3. The van der Waals surface area contributed by atoms with Crippen molar-refractivity contribution in [3.63, 3.8) is 0 Å². The summed E-state index contributed by atoms with van der Waals surface area (Å²) in [5, 5.41) is 28.8. The van der Waals surface area contributed by atoms with Crippen molar-refractivity contribution in [2.75, 3.05) is 137 Å². The largest absolute Gasteiger partial charge is 0.508 e. The Morgan fingerprint density at radius 2 is 0.756 bits per heavy atom. The predicted molar refractivity (Wildman–Crippen MR) is 453 cm³/mol. The van der Waals surface area contributed by atoms with Gasteiger partial charge in [0.15, 0.2) is 33.2 Å². The van der Waals surface area contributed by atoms with Gasteiger partial charge in [0, 0.05) is 112 Å². The number of phenolic OH excluding ortho intramolecular Hbond substituents is 1. The molecule has 4 aromatic rings. The molecule has 4 heterocycles. The summed E-state index contributed by atoms with van der Waals surface area (Å²) in [7, 11) is 20.1. The number of guanidine groups is 1. The number of nitrogens with zero attached hydrogens (tertiary/aromatic N) is 5. The number of methoxy groups -OCH3 is 8. The number of ether oxygens (including phenoxy) is 11. The van der Waals surface area contributed by atoms with Crippen LogP contribution in [0.3, 0.4) is 0 Å². The maximum atomic E-state index is 13.6. The molecule has 0 radical (unpaired) electrons. The van der Waals surface area contributed by atoms with E-state index >= 15 is 0 Å². The summed E-state index contributed by atoms with van der Waals surface area (Å²) in [6.45, 7) is 9.01. The molecule has 119 heavy (non-hydrogen) atoms. The fraction of sp³-hybridized carbons (Fsp3) is 0.636. The molecule has 654 valence electrons. The summed E-state index contributed by atoms with van der Waals surface area (Å²) in [6, 6.07) is 22.5. The first kappa shape index (κ1) is 92.1. The molecule has 4 atom stereocenters. The Morgan fingerprint density at radius 3 is 1.04 bits per heavy atom. The number of likely N-dealkylation sites (N-methyl/N-ethyl adjacent to an activating group) is 4. The molecule has 31 heteroatoms. The Balaban J connectivity index is 0.000000149. The summed E-state index contributed by atoms with van der Waals surface area (Å²) in [6.07, 6.45) is 18.3. The summed E-state index contributed by atoms with van der Waals surface area (Å²) in [5.74, 6) is 2.21. The lowest BCUT2D eigenvalue weighted by Gasteiger charge is -2.46. The minimum Gasteiger partial charge on any atom is -0.508 e. The topological polar surface area (TPSA) is 341 Å². The van der Waals surface area contributed by atoms with E-state index in [1.54, 1.807) is 116 Å². The zero-order valence-electron chi connectivity index (χ0n) is 71.9. The van der Waals surface area contributed by atoms with Crippen LogP contribution in [0.15, 0.2) is 77.8 Å². The van der Waals surface area contributed by atoms with E-state index < -0.39 is 27.8 Å². The summed E-state index contributed by atoms with van der Waals surface area (Å²) in [4.78, 5) is 92.8. The Bertz CT molecular complexity index is 4210. The van der Waals surface area contributed by atoms with Gasteiger partial charge in [-0.25, -0.2) is 19.5 Å². The minimum absolute atomic E-state index is 0.0336. The molecule has 29 nitrogen and oxygen atoms in total. The number of fused-ring (bicyclic) bond motifs is 12. The number of nitrogens with two attached hydrogens (primary N) is 1. The van der Waals surface area contributed by atoms with Gasteiger partial charge in [-0.3, -0.25) is 44.0 Å². The van der Waals surface area contributed by atoms with Gasteiger partial charge in [0.1, 0.15) is 42.8 Å². The number of thiocarbonyl (C=S) groups is 1. The highest BCUT2D eigenvalue weighted by Crippen LogP contribution is 2.65. The van der Waals surface area contributed by atoms with Gasteiger partial charge in [0.25, 0.3) is 23.6 Å². The van der Waals surface area contributed by atoms with Crippen molar-refractivity contribution in [3.8, 4) is 23.0 Å². The van der Waals surface area contributed by atoms with Crippen molar-refractivity contribution in [2.45, 2.75) is 201 Å². The summed E-state index contributed by atoms with van der Waals surface area (Å²) < 4.78 is 59.5. The lowest BCUT2D eigenvalue weighted by atomic mass is 9.61. The first-order valence-electron chi connectivity index (χ1n) is 41.3. The molecule has 3 saturated heterocycles. The molecule has 8 aliphatic carbocycles. The number of rotatable bonds is 18. The van der Waals surface area contributed by atoms with Crippen LogP contribution in [0.25, 0.3) is 0 Å². The van der Waals surface area contributed by atoms with E-state index in [9.17, 15) is 33.9 Å². The van der Waals surface area contributed by atoms with Crippen LogP contribution in [0.2, 0.25) is 0 Å². The summed E-state index contributed by atoms with van der Waals surface area (Å²) in [5.41, 5.74) is 8.84. The number of amides is 8. The predicted octanol–water partition coefficient (Wildman–Crippen LogP) is 10.6. The maximum absolute atomic E-state index is 13.6. The first-order valence-corrected chi connectivity index (χ1v) is 42.9. The van der Waals surface area contributed by atoms with E-state index in [4.69, 9.17) is 75.6 Å². The van der Waals surface area contributed by atoms with Crippen LogP contribution in [0, 0.1) is 21.7 Å². The molecule has 0 bridgehead atoms. The van der Waals surface area contributed by atoms with Crippen LogP contribution in [-0.4, -0.2) is 243 Å². The lowest BCUT2D eigenvalue weighted by Crippen LogP contribution is -2.56. The smallest absolute Gasteiger partial charge is 0.325 e. The quantitative estimate of drug-likeness (QED) is 0.0135. The van der Waals surface area contributed by atoms with E-state index in [-0.39, 0.29) is 93.5 Å². The number of imide groups is 2. The molecule has 16 rings (SSSR count). The number of hydrogen-bond acceptors (Lipinski definition) is 23. The molecule has 8 spiro atoms. The van der Waals surface area contributed by atoms with E-state index in [1.165, 1.54) is 27.3 Å². The number of carbonyl (C=O) groups is 6. The number of aromatic hydroxyl groups is 1. The number of benzene rings is 4. The highest BCUT2D eigenvalue weighted by molar-refractivity contribution is 9.09. The normalized spacial score (nSPS) is 30.3. The van der Waals surface area contributed by atoms with Gasteiger partial charge in [-0.2, -0.15) is 0 Å². The van der Waals surface area contributed by atoms with Crippen molar-refractivity contribution >= 4 is 74.9 Å². The highest BCUT2D eigenvalue weighted by atomic mass is 79.9. The molecule has 0 aromatic heterocycles. The van der Waals surface area contributed by atoms with E-state index in [1.807, 2.05) is 48.5 Å². The Labute approximate surface area is 713 Å². The SMILES string of the molecule is CC(C)(C)OO.COC1CCC2(CC1)Cc1ccc(O)cc1C21NC(=O)N(C)C1=O.COCCBr.COCCOc1ccc2c(c1)C1(N=C(N)N(C)C1=O)C1(CCC(OC)CC1)C2.COCCOc1ccc2c(c1)C1(NC(=O)N(C)C1=O)C1(CCC(OC)CC1)C2.COCCOc1ccc2c(c1)C1(NC(=S)N(C)C1=O)C1(CCC(OC)CC1)C2. The molecule has 4 aliphatic heterocycles. The maximum Gasteiger partial charge on any atom is 0.325 e. The monoisotopic (exact) mass is 1740 g/mol. The number of phenols is 1. The second kappa shape index (κ2) is 38.0. The molecule has 12 aliphatic rings. The summed E-state index contributed by atoms with van der Waals surface area (Å²) >= 11 is 8.68. The fourth-order valence-corrected chi connectivity index (χ4v) is 21.4. The van der Waals surface area contributed by atoms with Crippen LogP contribution in [0.4, 0.5) is 9.59 Å². The first-order chi connectivity index (χ1) is 56.8. The van der Waals surface area contributed by atoms with E-state index in [0.717, 1.165) is 191 Å². The second-order valence-electron chi connectivity index (χ2n) is 34.5. The highest BCUT2D eigenvalue weighted by Gasteiger charge is 2.71. The minimum atomic E-state index is -1.06. The molecule has 4 saturated carbocycles. The zero-order valence-corrected chi connectivity index (χ0v) is 74.3. The third-order valence-electron chi connectivity index (χ3n) is 27.2. The number of aliphatic imine (C=N–C) groups is 1. The molecule has 8 amide bonds. The zero-order chi connectivity index (χ0) is 86.3. The Hall–Kier alpha value is -7.66. The number of hydrogen-bond donors (Lipinski definition) is 6. The van der Waals surface area contributed by atoms with Crippen molar-refractivity contribution in [1.29, 1.82) is 0 Å². The average Bonchev–Trinajstić information content (AvgIpc) is 1.55. The number of urea groups is 2. The van der Waals surface area contributed by atoms with Gasteiger partial charge < -0.3 is 78.9 Å². The van der Waals surface area contributed by atoms with Crippen molar-refractivity contribution < 1.29 is 96.1 Å². The molecule has 4 aromatic carbocycles. The van der Waals surface area contributed by atoms with Crippen LogP contribution >= 0.6 is 28.1 Å². The fourth-order valence-electron chi connectivity index (χ4n) is 20.9. The van der Waals surface area contributed by atoms with E-state index in [2.05, 4.69) is 53.6 Å². The molecule has 7 fully saturated rings. The Kier molecular flexibility index (Phi) is 29.4. The molecular formula is C88H124BrN9O20S. The van der Waals surface area contributed by atoms with Gasteiger partial charge in [-0.15, -0.1) is 0 Å². The third kappa shape index (κ3) is 17.0. The number of carbonyl (C=O) groups excluding carboxylic acids is 6. The lowest BCUT2D eigenvalue weighted by molar-refractivity contribution is -0.306. The molecular weight excluding hydrogens is 1610 g/mol. The van der Waals surface area contributed by atoms with Crippen LogP contribution < -0.4 is 35.9 Å². The van der Waals surface area contributed by atoms with Crippen molar-refractivity contribution in [3.05, 3.63) is 117 Å². The second-order valence-corrected chi connectivity index (χ2v) is 35.6. The number of halogens is 1. The molecule has 4 unspecified atom stereocenters. The van der Waals surface area contributed by atoms with Crippen molar-refractivity contribution in [1.82, 2.24) is 35.6 Å². The van der Waals surface area contributed by atoms with Gasteiger partial charge in [0.05, 0.1) is 56.4 Å². The van der Waals surface area contributed by atoms with Gasteiger partial charge >= 0.3 is 12.1 Å². The van der Waals surface area contributed by atoms with Gasteiger partial charge in [0.2, 0.25) is 0 Å². The van der Waals surface area contributed by atoms with Crippen molar-refractivity contribution in [2.24, 2.45) is 32.4 Å². The average molecular weight is 1740 g/mol. The number of alkyl halides is 1. The number of nitrogens with one attached hydrogen (secondary N) is 3. The van der Waals surface area contributed by atoms with Crippen LogP contribution in [-0.2, 0) is 110 Å². The van der Waals surface area contributed by atoms with E-state index in [0.29, 0.717) is 50.5 Å².